The van der Waals surface area contributed by atoms with Gasteiger partial charge in [-0.1, -0.05) is 11.3 Å². The van der Waals surface area contributed by atoms with E-state index < -0.39 is 0 Å². The molecule has 0 unspecified atom stereocenters. The van der Waals surface area contributed by atoms with Crippen LogP contribution >= 0.6 is 23.1 Å². The number of anilines is 1. The molecule has 0 saturated carbocycles. The molecule has 0 atom stereocenters. The van der Waals surface area contributed by atoms with Crippen LogP contribution in [-0.4, -0.2) is 15.3 Å². The average molecular weight is 239 g/mol. The summed E-state index contributed by atoms with van der Waals surface area (Å²) in [5.74, 6) is 1.03. The lowest BCUT2D eigenvalue weighted by atomic mass is 10.3. The average Bonchev–Trinajstić information content (AvgIpc) is 2.64. The molecule has 2 rings (SSSR count). The van der Waals surface area contributed by atoms with Gasteiger partial charge in [-0.25, -0.2) is 0 Å². The maximum atomic E-state index is 9.10. The maximum Gasteiger partial charge on any atom is 0.203 e. The van der Waals surface area contributed by atoms with Crippen molar-refractivity contribution >= 4 is 28.2 Å². The van der Waals surface area contributed by atoms with Gasteiger partial charge in [0.2, 0.25) is 5.13 Å². The molecule has 1 heterocycles. The molecule has 2 aromatic rings. The normalized spacial score (nSPS) is 10.4. The van der Waals surface area contributed by atoms with Gasteiger partial charge in [-0.3, -0.25) is 0 Å². The lowest BCUT2D eigenvalue weighted by Crippen LogP contribution is -1.81. The van der Waals surface area contributed by atoms with Gasteiger partial charge in [-0.2, -0.15) is 0 Å². The number of aromatic nitrogens is 2. The number of hydrogen-bond donors (Lipinski definition) is 2. The molecule has 0 aliphatic carbocycles. The molecule has 4 nitrogen and oxygen atoms in total. The summed E-state index contributed by atoms with van der Waals surface area (Å²) in [6.45, 7) is 0. The van der Waals surface area contributed by atoms with E-state index in [0.29, 0.717) is 5.13 Å². The van der Waals surface area contributed by atoms with Crippen LogP contribution in [0.3, 0.4) is 0 Å². The first-order chi connectivity index (χ1) is 7.24. The first-order valence-electron chi connectivity index (χ1n) is 4.24. The topological polar surface area (TPSA) is 72.0 Å². The Hall–Kier alpha value is -1.27. The number of nitrogen functional groups attached to an aromatic ring is 1. The second kappa shape index (κ2) is 4.50. The van der Waals surface area contributed by atoms with E-state index in [-0.39, 0.29) is 5.75 Å². The zero-order valence-corrected chi connectivity index (χ0v) is 9.38. The number of phenolic OH excluding ortho intramolecular Hbond substituents is 1. The van der Waals surface area contributed by atoms with Gasteiger partial charge >= 0.3 is 0 Å². The van der Waals surface area contributed by atoms with E-state index >= 15 is 0 Å². The Kier molecular flexibility index (Phi) is 3.08. The fourth-order valence-corrected chi connectivity index (χ4v) is 2.51. The van der Waals surface area contributed by atoms with Gasteiger partial charge in [-0.15, -0.1) is 22.0 Å². The lowest BCUT2D eigenvalue weighted by molar-refractivity contribution is 0.475. The molecule has 0 saturated heterocycles. The monoisotopic (exact) mass is 239 g/mol. The maximum absolute atomic E-state index is 9.10. The van der Waals surface area contributed by atoms with Crippen LogP contribution in [0.4, 0.5) is 5.13 Å². The Balaban J connectivity index is 1.96. The largest absolute Gasteiger partial charge is 0.508 e. The molecule has 0 aliphatic heterocycles. The third-order valence-electron chi connectivity index (χ3n) is 1.68. The van der Waals surface area contributed by atoms with Gasteiger partial charge in [-0.05, 0) is 24.3 Å². The Morgan fingerprint density at radius 3 is 2.60 bits per heavy atom. The molecule has 0 fully saturated rings. The quantitative estimate of drug-likeness (QED) is 0.803. The Morgan fingerprint density at radius 2 is 2.00 bits per heavy atom. The van der Waals surface area contributed by atoms with Gasteiger partial charge in [0.15, 0.2) is 0 Å². The number of hydrogen-bond acceptors (Lipinski definition) is 6. The molecule has 3 N–H and O–H groups in total. The van der Waals surface area contributed by atoms with Crippen LogP contribution in [0.15, 0.2) is 29.2 Å². The van der Waals surface area contributed by atoms with Crippen molar-refractivity contribution in [3.8, 4) is 5.75 Å². The molecular formula is C9H9N3OS2. The second-order valence-corrected chi connectivity index (χ2v) is 4.96. The number of nitrogens with two attached hydrogens (primary N) is 1. The third-order valence-corrected chi connectivity index (χ3v) is 3.64. The van der Waals surface area contributed by atoms with E-state index in [1.165, 1.54) is 11.3 Å². The summed E-state index contributed by atoms with van der Waals surface area (Å²) in [4.78, 5) is 1.08. The van der Waals surface area contributed by atoms with Gasteiger partial charge in [0.05, 0.1) is 5.75 Å². The smallest absolute Gasteiger partial charge is 0.203 e. The fraction of sp³-hybridized carbons (Fsp3) is 0.111. The van der Waals surface area contributed by atoms with Crippen LogP contribution < -0.4 is 5.73 Å². The number of thioether (sulfide) groups is 1. The number of aromatic hydroxyl groups is 1. The molecule has 0 bridgehead atoms. The minimum atomic E-state index is 0.277. The van der Waals surface area contributed by atoms with E-state index in [0.717, 1.165) is 15.7 Å². The molecule has 0 radical (unpaired) electrons. The van der Waals surface area contributed by atoms with Crippen LogP contribution in [-0.2, 0) is 5.75 Å². The van der Waals surface area contributed by atoms with Crippen LogP contribution in [0.25, 0.3) is 0 Å². The highest BCUT2D eigenvalue weighted by Crippen LogP contribution is 2.26. The van der Waals surface area contributed by atoms with Crippen molar-refractivity contribution in [2.45, 2.75) is 10.6 Å². The number of phenols is 1. The summed E-state index contributed by atoms with van der Waals surface area (Å²) in [6.07, 6.45) is 0. The van der Waals surface area contributed by atoms with Crippen molar-refractivity contribution in [3.05, 3.63) is 29.3 Å². The molecule has 1 aromatic carbocycles. The van der Waals surface area contributed by atoms with E-state index in [2.05, 4.69) is 10.2 Å². The molecular weight excluding hydrogens is 230 g/mol. The van der Waals surface area contributed by atoms with Crippen molar-refractivity contribution in [1.82, 2.24) is 10.2 Å². The predicted molar refractivity (Wildman–Crippen MR) is 62.0 cm³/mol. The second-order valence-electron chi connectivity index (χ2n) is 2.82. The van der Waals surface area contributed by atoms with Gasteiger partial charge in [0.1, 0.15) is 10.8 Å². The predicted octanol–water partition coefficient (Wildman–Crippen LogP) is 2.12. The minimum Gasteiger partial charge on any atom is -0.508 e. The molecule has 6 heteroatoms. The standard InChI is InChI=1S/C9H9N3OS2/c10-9-12-11-8(15-9)5-14-7-3-1-6(13)2-4-7/h1-4,13H,5H2,(H2,10,12). The highest BCUT2D eigenvalue weighted by molar-refractivity contribution is 7.98. The van der Waals surface area contributed by atoms with Crippen molar-refractivity contribution in [2.24, 2.45) is 0 Å². The summed E-state index contributed by atoms with van der Waals surface area (Å²) in [5, 5.41) is 18.2. The zero-order valence-electron chi connectivity index (χ0n) is 7.75. The van der Waals surface area contributed by atoms with E-state index in [1.807, 2.05) is 12.1 Å². The van der Waals surface area contributed by atoms with Crippen molar-refractivity contribution in [1.29, 1.82) is 0 Å². The fourth-order valence-electron chi connectivity index (χ4n) is 1.01. The highest BCUT2D eigenvalue weighted by Gasteiger charge is 2.01. The third kappa shape index (κ3) is 2.84. The van der Waals surface area contributed by atoms with E-state index in [1.54, 1.807) is 23.9 Å². The summed E-state index contributed by atoms with van der Waals surface area (Å²) in [7, 11) is 0. The summed E-state index contributed by atoms with van der Waals surface area (Å²) in [5.41, 5.74) is 5.47. The van der Waals surface area contributed by atoms with Crippen LogP contribution in [0, 0.1) is 0 Å². The Bertz CT molecular complexity index is 441. The molecule has 0 aliphatic rings. The zero-order chi connectivity index (χ0) is 10.7. The van der Waals surface area contributed by atoms with Crippen molar-refractivity contribution < 1.29 is 5.11 Å². The van der Waals surface area contributed by atoms with Crippen molar-refractivity contribution in [3.63, 3.8) is 0 Å². The SMILES string of the molecule is Nc1nnc(CSc2ccc(O)cc2)s1. The Morgan fingerprint density at radius 1 is 1.27 bits per heavy atom. The van der Waals surface area contributed by atoms with Crippen LogP contribution in [0.5, 0.6) is 5.75 Å². The number of benzene rings is 1. The number of rotatable bonds is 3. The summed E-state index contributed by atoms with van der Waals surface area (Å²) < 4.78 is 0. The Labute approximate surface area is 95.2 Å². The first kappa shape index (κ1) is 10.3. The summed E-state index contributed by atoms with van der Waals surface area (Å²) >= 11 is 3.03. The van der Waals surface area contributed by atoms with Gasteiger partial charge in [0.25, 0.3) is 0 Å². The van der Waals surface area contributed by atoms with Crippen LogP contribution in [0.1, 0.15) is 5.01 Å². The number of nitrogens with zero attached hydrogens (tertiary/aromatic N) is 2. The first-order valence-corrected chi connectivity index (χ1v) is 6.04. The molecule has 78 valence electrons. The molecule has 1 aromatic heterocycles. The minimum absolute atomic E-state index is 0.277. The molecule has 0 amide bonds. The molecule has 15 heavy (non-hydrogen) atoms. The van der Waals surface area contributed by atoms with E-state index in [9.17, 15) is 0 Å². The highest BCUT2D eigenvalue weighted by atomic mass is 32.2. The van der Waals surface area contributed by atoms with E-state index in [4.69, 9.17) is 10.8 Å². The molecule has 0 spiro atoms. The van der Waals surface area contributed by atoms with Gasteiger partial charge in [0, 0.05) is 4.90 Å². The van der Waals surface area contributed by atoms with Crippen LogP contribution in [0.2, 0.25) is 0 Å². The lowest BCUT2D eigenvalue weighted by Gasteiger charge is -1.98. The van der Waals surface area contributed by atoms with Gasteiger partial charge < -0.3 is 10.8 Å². The van der Waals surface area contributed by atoms with Crippen molar-refractivity contribution in [2.75, 3.05) is 5.73 Å². The summed E-state index contributed by atoms with van der Waals surface area (Å²) in [6, 6.07) is 7.06.